The van der Waals surface area contributed by atoms with Crippen molar-refractivity contribution in [3.63, 3.8) is 0 Å². The predicted molar refractivity (Wildman–Crippen MR) is 139 cm³/mol. The zero-order chi connectivity index (χ0) is 25.1. The first kappa shape index (κ1) is 23.8. The highest BCUT2D eigenvalue weighted by Crippen LogP contribution is 2.18. The summed E-state index contributed by atoms with van der Waals surface area (Å²) in [5.41, 5.74) is 5.85. The van der Waals surface area contributed by atoms with Gasteiger partial charge in [0.1, 0.15) is 5.75 Å². The van der Waals surface area contributed by atoms with E-state index in [1.807, 2.05) is 67.5 Å². The molecule has 0 saturated heterocycles. The molecule has 2 aromatic heterocycles. The number of imidazole rings is 1. The van der Waals surface area contributed by atoms with Crippen LogP contribution in [-0.4, -0.2) is 46.1 Å². The molecule has 10 heteroatoms. The van der Waals surface area contributed by atoms with Crippen LogP contribution >= 0.6 is 0 Å². The fraction of sp³-hybridized carbons (Fsp3) is 0.280. The molecule has 182 valence electrons. The first-order valence-electron chi connectivity index (χ1n) is 11.2. The Morgan fingerprint density at radius 1 is 1.03 bits per heavy atom. The van der Waals surface area contributed by atoms with E-state index in [0.29, 0.717) is 30.1 Å². The van der Waals surface area contributed by atoms with Crippen molar-refractivity contribution < 1.29 is 4.74 Å². The highest BCUT2D eigenvalue weighted by atomic mass is 16.5. The molecule has 10 nitrogen and oxygen atoms in total. The fourth-order valence-corrected chi connectivity index (χ4v) is 3.81. The molecule has 0 aliphatic rings. The molecule has 0 fully saturated rings. The average Bonchev–Trinajstić information content (AvgIpc) is 3.24. The molecular formula is C25H29N7O3. The molecule has 0 spiro atoms. The second kappa shape index (κ2) is 9.88. The minimum Gasteiger partial charge on any atom is -0.497 e. The number of ether oxygens (including phenoxy) is 1. The van der Waals surface area contributed by atoms with Crippen LogP contribution < -0.4 is 26.3 Å². The minimum absolute atomic E-state index is 0.306. The van der Waals surface area contributed by atoms with Gasteiger partial charge in [-0.15, -0.1) is 0 Å². The third-order valence-corrected chi connectivity index (χ3v) is 5.92. The van der Waals surface area contributed by atoms with Gasteiger partial charge in [-0.3, -0.25) is 13.9 Å². The quantitative estimate of drug-likeness (QED) is 0.310. The number of hydrogen-bond donors (Lipinski definition) is 1. The maximum absolute atomic E-state index is 13.0. The van der Waals surface area contributed by atoms with Gasteiger partial charge in [-0.25, -0.2) is 10.2 Å². The van der Waals surface area contributed by atoms with Crippen molar-refractivity contribution in [2.75, 3.05) is 31.5 Å². The Labute approximate surface area is 202 Å². The Hall–Kier alpha value is -4.34. The smallest absolute Gasteiger partial charge is 0.332 e. The molecule has 4 rings (SSSR count). The van der Waals surface area contributed by atoms with Gasteiger partial charge in [0.2, 0.25) is 5.95 Å². The van der Waals surface area contributed by atoms with Crippen LogP contribution in [0, 0.1) is 0 Å². The number of benzene rings is 2. The molecular weight excluding hydrogens is 446 g/mol. The SMILES string of the molecule is COc1ccc(CCn2c(N/N=C\c3ccc(N(C)C)cc3)nc3c2c(=O)n(C)c(=O)n3C)cc1. The molecule has 0 unspecified atom stereocenters. The highest BCUT2D eigenvalue weighted by Gasteiger charge is 2.19. The van der Waals surface area contributed by atoms with E-state index in [0.717, 1.165) is 27.1 Å². The number of fused-ring (bicyclic) bond motifs is 1. The number of hydrogen-bond acceptors (Lipinski definition) is 7. The third kappa shape index (κ3) is 4.81. The van der Waals surface area contributed by atoms with Gasteiger partial charge in [-0.2, -0.15) is 10.1 Å². The molecule has 0 bridgehead atoms. The van der Waals surface area contributed by atoms with Gasteiger partial charge in [-0.1, -0.05) is 24.3 Å². The maximum Gasteiger partial charge on any atom is 0.332 e. The largest absolute Gasteiger partial charge is 0.497 e. The first-order chi connectivity index (χ1) is 16.8. The highest BCUT2D eigenvalue weighted by molar-refractivity contribution is 5.81. The summed E-state index contributed by atoms with van der Waals surface area (Å²) in [4.78, 5) is 32.0. The van der Waals surface area contributed by atoms with Gasteiger partial charge in [0, 0.05) is 40.4 Å². The summed E-state index contributed by atoms with van der Waals surface area (Å²) in [7, 11) is 8.66. The van der Waals surface area contributed by atoms with Crippen molar-refractivity contribution in [3.05, 3.63) is 80.5 Å². The van der Waals surface area contributed by atoms with Gasteiger partial charge < -0.3 is 14.2 Å². The van der Waals surface area contributed by atoms with Crippen LogP contribution in [0.3, 0.4) is 0 Å². The van der Waals surface area contributed by atoms with Crippen molar-refractivity contribution in [1.29, 1.82) is 0 Å². The van der Waals surface area contributed by atoms with Crippen molar-refractivity contribution in [2.45, 2.75) is 13.0 Å². The van der Waals surface area contributed by atoms with Crippen molar-refractivity contribution in [2.24, 2.45) is 19.2 Å². The number of nitrogens with one attached hydrogen (secondary N) is 1. The van der Waals surface area contributed by atoms with Crippen LogP contribution in [0.25, 0.3) is 11.2 Å². The fourth-order valence-electron chi connectivity index (χ4n) is 3.81. The number of nitrogens with zero attached hydrogens (tertiary/aromatic N) is 6. The topological polar surface area (TPSA) is 98.7 Å². The molecule has 0 saturated carbocycles. The van der Waals surface area contributed by atoms with Crippen LogP contribution in [0.2, 0.25) is 0 Å². The normalized spacial score (nSPS) is 11.3. The van der Waals surface area contributed by atoms with Crippen LogP contribution in [0.1, 0.15) is 11.1 Å². The number of anilines is 2. The summed E-state index contributed by atoms with van der Waals surface area (Å²) in [6, 6.07) is 15.7. The van der Waals surface area contributed by atoms with E-state index in [1.165, 1.54) is 11.6 Å². The van der Waals surface area contributed by atoms with E-state index >= 15 is 0 Å². The summed E-state index contributed by atoms with van der Waals surface area (Å²) in [6.07, 6.45) is 2.33. The van der Waals surface area contributed by atoms with E-state index in [-0.39, 0.29) is 0 Å². The van der Waals surface area contributed by atoms with E-state index in [2.05, 4.69) is 15.5 Å². The molecule has 0 atom stereocenters. The molecule has 1 N–H and O–H groups in total. The minimum atomic E-state index is -0.432. The summed E-state index contributed by atoms with van der Waals surface area (Å²) in [5, 5.41) is 4.34. The van der Waals surface area contributed by atoms with Crippen LogP contribution in [0.5, 0.6) is 5.75 Å². The van der Waals surface area contributed by atoms with Gasteiger partial charge >= 0.3 is 5.69 Å². The molecule has 0 aliphatic heterocycles. The van der Waals surface area contributed by atoms with E-state index in [9.17, 15) is 9.59 Å². The summed E-state index contributed by atoms with van der Waals surface area (Å²) in [6.45, 7) is 0.464. The molecule has 0 aliphatic carbocycles. The lowest BCUT2D eigenvalue weighted by molar-refractivity contribution is 0.414. The zero-order valence-electron chi connectivity index (χ0n) is 20.5. The molecule has 2 heterocycles. The van der Waals surface area contributed by atoms with Crippen LogP contribution in [-0.2, 0) is 27.1 Å². The van der Waals surface area contributed by atoms with E-state index in [1.54, 1.807) is 24.9 Å². The Balaban J connectivity index is 1.68. The summed E-state index contributed by atoms with van der Waals surface area (Å²) in [5.74, 6) is 1.16. The van der Waals surface area contributed by atoms with Crippen LogP contribution in [0.4, 0.5) is 11.6 Å². The lowest BCUT2D eigenvalue weighted by Gasteiger charge is -2.11. The second-order valence-corrected chi connectivity index (χ2v) is 8.42. The zero-order valence-corrected chi connectivity index (χ0v) is 20.5. The third-order valence-electron chi connectivity index (χ3n) is 5.92. The van der Waals surface area contributed by atoms with E-state index < -0.39 is 11.2 Å². The number of hydrazone groups is 1. The molecule has 0 amide bonds. The first-order valence-corrected chi connectivity index (χ1v) is 11.2. The van der Waals surface area contributed by atoms with Gasteiger partial charge in [0.25, 0.3) is 5.56 Å². The van der Waals surface area contributed by atoms with Crippen molar-refractivity contribution in [1.82, 2.24) is 18.7 Å². The van der Waals surface area contributed by atoms with Crippen molar-refractivity contribution >= 4 is 29.0 Å². The standard InChI is InChI=1S/C25H29N7O3/c1-29(2)19-10-6-18(7-11-19)16-26-28-24-27-22-21(23(33)31(4)25(34)30(22)3)32(24)15-14-17-8-12-20(35-5)13-9-17/h6-13,16H,14-15H2,1-5H3,(H,27,28)/b26-16-. The van der Waals surface area contributed by atoms with E-state index in [4.69, 9.17) is 4.74 Å². The molecule has 35 heavy (non-hydrogen) atoms. The number of methoxy groups -OCH3 is 1. The summed E-state index contributed by atoms with van der Waals surface area (Å²) < 4.78 is 9.46. The van der Waals surface area contributed by atoms with Gasteiger partial charge in [0.05, 0.1) is 13.3 Å². The predicted octanol–water partition coefficient (Wildman–Crippen LogP) is 2.20. The average molecular weight is 476 g/mol. The molecule has 2 aromatic carbocycles. The molecule has 4 aromatic rings. The second-order valence-electron chi connectivity index (χ2n) is 8.42. The molecule has 0 radical (unpaired) electrons. The number of aromatic nitrogens is 4. The van der Waals surface area contributed by atoms with Gasteiger partial charge in [-0.05, 0) is 41.8 Å². The van der Waals surface area contributed by atoms with Crippen LogP contribution in [0.15, 0.2) is 63.2 Å². The maximum atomic E-state index is 13.0. The summed E-state index contributed by atoms with van der Waals surface area (Å²) >= 11 is 0. The van der Waals surface area contributed by atoms with Crippen molar-refractivity contribution in [3.8, 4) is 5.75 Å². The number of aryl methyl sites for hydroxylation is 3. The lowest BCUT2D eigenvalue weighted by atomic mass is 10.1. The lowest BCUT2D eigenvalue weighted by Crippen LogP contribution is -2.37. The number of rotatable bonds is 8. The Morgan fingerprint density at radius 3 is 2.34 bits per heavy atom. The Morgan fingerprint density at radius 2 is 1.71 bits per heavy atom. The Bertz CT molecular complexity index is 1480. The Kier molecular flexibility index (Phi) is 6.72. The van der Waals surface area contributed by atoms with Gasteiger partial charge in [0.15, 0.2) is 11.2 Å². The monoisotopic (exact) mass is 475 g/mol.